The van der Waals surface area contributed by atoms with Crippen molar-refractivity contribution >= 4 is 55.1 Å². The zero-order valence-corrected chi connectivity index (χ0v) is 23.3. The van der Waals surface area contributed by atoms with Crippen molar-refractivity contribution in [1.82, 2.24) is 10.2 Å². The second kappa shape index (κ2) is 11.9. The minimum Gasteiger partial charge on any atom is -0.357 e. The molecule has 0 saturated carbocycles. The molecule has 0 radical (unpaired) electrons. The number of carbonyl (C=O) groups excluding carboxylic acids is 2. The Kier molecular flexibility index (Phi) is 9.16. The van der Waals surface area contributed by atoms with Gasteiger partial charge >= 0.3 is 0 Å². The van der Waals surface area contributed by atoms with Crippen molar-refractivity contribution in [1.29, 1.82) is 0 Å². The quantitative estimate of drug-likeness (QED) is 0.388. The van der Waals surface area contributed by atoms with E-state index >= 15 is 0 Å². The molecule has 36 heavy (non-hydrogen) atoms. The van der Waals surface area contributed by atoms with Crippen molar-refractivity contribution in [3.63, 3.8) is 0 Å². The maximum Gasteiger partial charge on any atom is 0.264 e. The largest absolute Gasteiger partial charge is 0.357 e. The van der Waals surface area contributed by atoms with Gasteiger partial charge in [0.2, 0.25) is 11.8 Å². The number of aryl methyl sites for hydroxylation is 1. The van der Waals surface area contributed by atoms with Crippen LogP contribution in [0, 0.1) is 6.92 Å². The van der Waals surface area contributed by atoms with Crippen LogP contribution in [0.1, 0.15) is 18.1 Å². The number of sulfonamides is 1. The number of hydrogen-bond acceptors (Lipinski definition) is 4. The Balaban J connectivity index is 2.02. The summed E-state index contributed by atoms with van der Waals surface area (Å²) in [6, 6.07) is 19.1. The number of rotatable bonds is 9. The fraction of sp³-hybridized carbons (Fsp3) is 0.231. The van der Waals surface area contributed by atoms with Gasteiger partial charge in [0.05, 0.1) is 10.6 Å². The molecule has 190 valence electrons. The van der Waals surface area contributed by atoms with E-state index in [9.17, 15) is 18.0 Å². The van der Waals surface area contributed by atoms with Crippen LogP contribution < -0.4 is 9.62 Å². The Hall–Kier alpha value is -2.88. The van der Waals surface area contributed by atoms with Crippen molar-refractivity contribution in [3.05, 3.63) is 93.4 Å². The number of halogens is 2. The summed E-state index contributed by atoms with van der Waals surface area (Å²) in [6.07, 6.45) is 0. The molecule has 0 spiro atoms. The zero-order chi connectivity index (χ0) is 26.5. The zero-order valence-electron chi connectivity index (χ0n) is 20.1. The third-order valence-corrected chi connectivity index (χ3v) is 8.19. The molecule has 0 fully saturated rings. The van der Waals surface area contributed by atoms with Crippen molar-refractivity contribution in [2.45, 2.75) is 31.3 Å². The standard InChI is InChI=1S/C26H27BrClN3O4S/c1-18-7-11-23(12-8-18)31(36(34,35)24-13-9-22(28)10-14-24)17-25(32)30(19(2)26(33)29-3)16-20-5-4-6-21(27)15-20/h4-15,19H,16-17H2,1-3H3,(H,29,33)/t19-/m1/s1. The van der Waals surface area contributed by atoms with E-state index in [1.807, 2.05) is 31.2 Å². The third-order valence-electron chi connectivity index (χ3n) is 5.66. The Bertz CT molecular complexity index is 1330. The minimum atomic E-state index is -4.12. The summed E-state index contributed by atoms with van der Waals surface area (Å²) in [5.74, 6) is -0.884. The predicted molar refractivity (Wildman–Crippen MR) is 145 cm³/mol. The molecule has 1 atom stereocenters. The Morgan fingerprint density at radius 2 is 1.67 bits per heavy atom. The Morgan fingerprint density at radius 3 is 2.25 bits per heavy atom. The highest BCUT2D eigenvalue weighted by atomic mass is 79.9. The van der Waals surface area contributed by atoms with Gasteiger partial charge in [-0.3, -0.25) is 13.9 Å². The highest BCUT2D eigenvalue weighted by Crippen LogP contribution is 2.26. The molecule has 0 aromatic heterocycles. The van der Waals surface area contributed by atoms with Crippen molar-refractivity contribution in [3.8, 4) is 0 Å². The maximum atomic E-state index is 13.7. The molecule has 2 amide bonds. The number of hydrogen-bond donors (Lipinski definition) is 1. The van der Waals surface area contributed by atoms with Crippen LogP contribution in [0.15, 0.2) is 82.2 Å². The van der Waals surface area contributed by atoms with E-state index in [2.05, 4.69) is 21.2 Å². The van der Waals surface area contributed by atoms with Crippen LogP contribution in [0.3, 0.4) is 0 Å². The highest BCUT2D eigenvalue weighted by Gasteiger charge is 2.32. The number of anilines is 1. The topological polar surface area (TPSA) is 86.8 Å². The third kappa shape index (κ3) is 6.66. The molecule has 7 nitrogen and oxygen atoms in total. The lowest BCUT2D eigenvalue weighted by Gasteiger charge is -2.31. The summed E-state index contributed by atoms with van der Waals surface area (Å²) in [5.41, 5.74) is 2.06. The molecule has 0 bridgehead atoms. The minimum absolute atomic E-state index is 0.00170. The number of carbonyl (C=O) groups is 2. The summed E-state index contributed by atoms with van der Waals surface area (Å²) in [5, 5.41) is 2.96. The molecule has 0 saturated heterocycles. The lowest BCUT2D eigenvalue weighted by Crippen LogP contribution is -2.50. The van der Waals surface area contributed by atoms with Crippen LogP contribution in [0.4, 0.5) is 5.69 Å². The van der Waals surface area contributed by atoms with E-state index in [0.29, 0.717) is 10.7 Å². The molecule has 0 aliphatic carbocycles. The first-order valence-electron chi connectivity index (χ1n) is 11.1. The second-order valence-electron chi connectivity index (χ2n) is 8.24. The van der Waals surface area contributed by atoms with Gasteiger partial charge < -0.3 is 10.2 Å². The number of benzene rings is 3. The van der Waals surface area contributed by atoms with E-state index < -0.39 is 28.5 Å². The van der Waals surface area contributed by atoms with E-state index in [1.54, 1.807) is 31.2 Å². The summed E-state index contributed by atoms with van der Waals surface area (Å²) >= 11 is 9.38. The first kappa shape index (κ1) is 27.7. The molecule has 0 heterocycles. The smallest absolute Gasteiger partial charge is 0.264 e. The number of nitrogens with zero attached hydrogens (tertiary/aromatic N) is 2. The summed E-state index contributed by atoms with van der Waals surface area (Å²) in [4.78, 5) is 27.6. The van der Waals surface area contributed by atoms with Gasteiger partial charge in [0.25, 0.3) is 10.0 Å². The molecular weight excluding hydrogens is 566 g/mol. The van der Waals surface area contributed by atoms with Gasteiger partial charge in [0.1, 0.15) is 12.6 Å². The second-order valence-corrected chi connectivity index (χ2v) is 11.5. The molecule has 3 aromatic carbocycles. The maximum absolute atomic E-state index is 13.7. The molecule has 10 heteroatoms. The summed E-state index contributed by atoms with van der Waals surface area (Å²) < 4.78 is 29.2. The predicted octanol–water partition coefficient (Wildman–Crippen LogP) is 4.77. The highest BCUT2D eigenvalue weighted by molar-refractivity contribution is 9.10. The van der Waals surface area contributed by atoms with E-state index in [0.717, 1.165) is 19.9 Å². The van der Waals surface area contributed by atoms with Crippen LogP contribution in [0.5, 0.6) is 0 Å². The van der Waals surface area contributed by atoms with Gasteiger partial charge in [-0.25, -0.2) is 8.42 Å². The number of likely N-dealkylation sites (N-methyl/N-ethyl adjacent to an activating group) is 1. The average Bonchev–Trinajstić information content (AvgIpc) is 2.85. The van der Waals surface area contributed by atoms with Gasteiger partial charge in [0, 0.05) is 23.1 Å². The lowest BCUT2D eigenvalue weighted by molar-refractivity contribution is -0.139. The molecule has 0 unspecified atom stereocenters. The lowest BCUT2D eigenvalue weighted by atomic mass is 10.1. The Morgan fingerprint density at radius 1 is 1.03 bits per heavy atom. The number of nitrogens with one attached hydrogen (secondary N) is 1. The molecule has 3 aromatic rings. The van der Waals surface area contributed by atoms with Gasteiger partial charge in [-0.1, -0.05) is 57.4 Å². The first-order chi connectivity index (χ1) is 17.0. The van der Waals surface area contributed by atoms with Gasteiger partial charge in [-0.2, -0.15) is 0 Å². The van der Waals surface area contributed by atoms with Gasteiger partial charge in [-0.05, 0) is 67.9 Å². The first-order valence-corrected chi connectivity index (χ1v) is 13.7. The summed E-state index contributed by atoms with van der Waals surface area (Å²) in [6.45, 7) is 3.12. The number of amides is 2. The van der Waals surface area contributed by atoms with Crippen LogP contribution in [0.25, 0.3) is 0 Å². The Labute approximate surface area is 225 Å². The van der Waals surface area contributed by atoms with Crippen molar-refractivity contribution in [2.24, 2.45) is 0 Å². The molecule has 0 aliphatic heterocycles. The van der Waals surface area contributed by atoms with Gasteiger partial charge in [0.15, 0.2) is 0 Å². The van der Waals surface area contributed by atoms with Crippen LogP contribution >= 0.6 is 27.5 Å². The van der Waals surface area contributed by atoms with Crippen molar-refractivity contribution < 1.29 is 18.0 Å². The van der Waals surface area contributed by atoms with Crippen molar-refractivity contribution in [2.75, 3.05) is 17.9 Å². The fourth-order valence-electron chi connectivity index (χ4n) is 3.60. The molecular formula is C26H27BrClN3O4S. The van der Waals surface area contributed by atoms with E-state index in [4.69, 9.17) is 11.6 Å². The average molecular weight is 593 g/mol. The fourth-order valence-corrected chi connectivity index (χ4v) is 5.58. The van der Waals surface area contributed by atoms with Crippen LogP contribution in [0.2, 0.25) is 5.02 Å². The molecule has 1 N–H and O–H groups in total. The normalized spacial score (nSPS) is 12.0. The van der Waals surface area contributed by atoms with Gasteiger partial charge in [-0.15, -0.1) is 0 Å². The van der Waals surface area contributed by atoms with Crippen LogP contribution in [-0.4, -0.2) is 44.8 Å². The monoisotopic (exact) mass is 591 g/mol. The molecule has 0 aliphatic rings. The summed E-state index contributed by atoms with van der Waals surface area (Å²) in [7, 11) is -2.63. The molecule has 3 rings (SSSR count). The van der Waals surface area contributed by atoms with E-state index in [1.165, 1.54) is 36.2 Å². The van der Waals surface area contributed by atoms with Crippen LogP contribution in [-0.2, 0) is 26.2 Å². The van der Waals surface area contributed by atoms with E-state index in [-0.39, 0.29) is 17.3 Å². The SMILES string of the molecule is CNC(=O)[C@@H](C)N(Cc1cccc(Br)c1)C(=O)CN(c1ccc(C)cc1)S(=O)(=O)c1ccc(Cl)cc1.